The fourth-order valence-electron chi connectivity index (χ4n) is 1.24. The normalized spacial score (nSPS) is 11.9. The van der Waals surface area contributed by atoms with Gasteiger partial charge < -0.3 is 15.6 Å². The van der Waals surface area contributed by atoms with Crippen molar-refractivity contribution in [1.82, 2.24) is 0 Å². The number of nitrogens with zero attached hydrogens (tertiary/aromatic N) is 1. The summed E-state index contributed by atoms with van der Waals surface area (Å²) in [7, 11) is 1.05. The van der Waals surface area contributed by atoms with Crippen LogP contribution in [0.3, 0.4) is 0 Å². The van der Waals surface area contributed by atoms with Crippen LogP contribution in [-0.4, -0.2) is 23.1 Å². The first-order valence-electron chi connectivity index (χ1n) is 4.38. The van der Waals surface area contributed by atoms with E-state index in [2.05, 4.69) is 4.74 Å². The largest absolute Gasteiger partial charge is 0.502 e. The second kappa shape index (κ2) is 4.74. The van der Waals surface area contributed by atoms with Gasteiger partial charge in [0.25, 0.3) is 0 Å². The highest BCUT2D eigenvalue weighted by atomic mass is 19.1. The molecule has 92 valence electrons. The lowest BCUT2D eigenvalue weighted by Crippen LogP contribution is -2.23. The lowest BCUT2D eigenvalue weighted by Gasteiger charge is -2.11. The number of rotatable bonds is 3. The lowest BCUT2D eigenvalue weighted by atomic mass is 10.1. The van der Waals surface area contributed by atoms with Crippen molar-refractivity contribution >= 4 is 11.7 Å². The van der Waals surface area contributed by atoms with Crippen molar-refractivity contribution in [3.8, 4) is 5.75 Å². The summed E-state index contributed by atoms with van der Waals surface area (Å²) in [5.74, 6) is -2.78. The number of esters is 1. The maximum atomic E-state index is 13.1. The van der Waals surface area contributed by atoms with Crippen LogP contribution in [-0.2, 0) is 9.53 Å². The number of carbonyl (C=O) groups is 1. The highest BCUT2D eigenvalue weighted by Crippen LogP contribution is 2.34. The van der Waals surface area contributed by atoms with E-state index in [0.717, 1.165) is 13.2 Å². The van der Waals surface area contributed by atoms with Gasteiger partial charge in [-0.2, -0.15) is 0 Å². The van der Waals surface area contributed by atoms with Gasteiger partial charge in [0.2, 0.25) is 0 Å². The van der Waals surface area contributed by atoms with E-state index >= 15 is 0 Å². The number of nitro groups is 1. The Morgan fingerprint density at radius 1 is 1.65 bits per heavy atom. The molecule has 0 aliphatic rings. The van der Waals surface area contributed by atoms with Gasteiger partial charge >= 0.3 is 11.7 Å². The molecule has 8 heteroatoms. The quantitative estimate of drug-likeness (QED) is 0.457. The Labute approximate surface area is 94.8 Å². The Morgan fingerprint density at radius 2 is 2.24 bits per heavy atom. The Morgan fingerprint density at radius 3 is 2.71 bits per heavy atom. The van der Waals surface area contributed by atoms with Crippen molar-refractivity contribution < 1.29 is 24.0 Å². The van der Waals surface area contributed by atoms with Crippen molar-refractivity contribution in [2.45, 2.75) is 6.04 Å². The zero-order chi connectivity index (χ0) is 13.2. The maximum absolute atomic E-state index is 13.1. The fraction of sp³-hybridized carbons (Fsp3) is 0.222. The van der Waals surface area contributed by atoms with Gasteiger partial charge in [-0.3, -0.25) is 14.9 Å². The van der Waals surface area contributed by atoms with Crippen LogP contribution in [0.1, 0.15) is 11.6 Å². The van der Waals surface area contributed by atoms with Crippen molar-refractivity contribution in [1.29, 1.82) is 0 Å². The summed E-state index contributed by atoms with van der Waals surface area (Å²) in [6.45, 7) is 0. The van der Waals surface area contributed by atoms with Gasteiger partial charge in [-0.15, -0.1) is 0 Å². The predicted octanol–water partition coefficient (Wildman–Crippen LogP) is 0.612. The van der Waals surface area contributed by atoms with Crippen LogP contribution in [0.4, 0.5) is 10.1 Å². The monoisotopic (exact) mass is 244 g/mol. The minimum atomic E-state index is -1.49. The van der Waals surface area contributed by atoms with E-state index in [4.69, 9.17) is 5.73 Å². The second-order valence-corrected chi connectivity index (χ2v) is 3.12. The Kier molecular flexibility index (Phi) is 3.59. The predicted molar refractivity (Wildman–Crippen MR) is 53.7 cm³/mol. The van der Waals surface area contributed by atoms with E-state index < -0.39 is 39.8 Å². The molecule has 3 N–H and O–H groups in total. The van der Waals surface area contributed by atoms with Crippen LogP contribution < -0.4 is 5.73 Å². The topological polar surface area (TPSA) is 116 Å². The molecule has 1 aromatic rings. The number of ether oxygens (including phenoxy) is 1. The maximum Gasteiger partial charge on any atom is 0.327 e. The summed E-state index contributed by atoms with van der Waals surface area (Å²) in [6.07, 6.45) is 0. The summed E-state index contributed by atoms with van der Waals surface area (Å²) in [5.41, 5.74) is 4.10. The molecule has 0 saturated carbocycles. The molecule has 0 unspecified atom stereocenters. The van der Waals surface area contributed by atoms with Gasteiger partial charge in [-0.1, -0.05) is 0 Å². The van der Waals surface area contributed by atoms with E-state index in [1.54, 1.807) is 0 Å². The number of hydrogen-bond donors (Lipinski definition) is 2. The summed E-state index contributed by atoms with van der Waals surface area (Å²) in [5, 5.41) is 20.0. The zero-order valence-corrected chi connectivity index (χ0v) is 8.71. The third kappa shape index (κ3) is 2.48. The molecule has 0 fully saturated rings. The van der Waals surface area contributed by atoms with Gasteiger partial charge in [0, 0.05) is 5.56 Å². The first-order valence-corrected chi connectivity index (χ1v) is 4.38. The molecular weight excluding hydrogens is 235 g/mol. The van der Waals surface area contributed by atoms with Crippen LogP contribution in [0.5, 0.6) is 5.75 Å². The SMILES string of the molecule is COC(=O)[C@@H](N)c1cc(F)cc([N+](=O)[O-])c1O. The summed E-state index contributed by atoms with van der Waals surface area (Å²) >= 11 is 0. The molecule has 0 bridgehead atoms. The number of methoxy groups -OCH3 is 1. The first-order chi connectivity index (χ1) is 7.88. The van der Waals surface area contributed by atoms with Crippen molar-refractivity contribution in [3.05, 3.63) is 33.6 Å². The third-order valence-corrected chi connectivity index (χ3v) is 2.07. The molecule has 7 nitrogen and oxygen atoms in total. The Hall–Kier alpha value is -2.22. The highest BCUT2D eigenvalue weighted by molar-refractivity contribution is 5.79. The number of halogens is 1. The number of hydrogen-bond acceptors (Lipinski definition) is 6. The Balaban J connectivity index is 3.34. The van der Waals surface area contributed by atoms with E-state index in [1.807, 2.05) is 0 Å². The first kappa shape index (κ1) is 12.8. The molecule has 1 rings (SSSR count). The second-order valence-electron chi connectivity index (χ2n) is 3.12. The average Bonchev–Trinajstić information content (AvgIpc) is 2.29. The minimum Gasteiger partial charge on any atom is -0.502 e. The van der Waals surface area contributed by atoms with Crippen LogP contribution in [0, 0.1) is 15.9 Å². The standard InChI is InChI=1S/C9H9FN2O5/c1-17-9(14)7(11)5-2-4(10)3-6(8(5)13)12(15)16/h2-3,7,13H,11H2,1H3/t7-/m0/s1. The number of aromatic hydroxyl groups is 1. The van der Waals surface area contributed by atoms with Crippen LogP contribution >= 0.6 is 0 Å². The fourth-order valence-corrected chi connectivity index (χ4v) is 1.24. The van der Waals surface area contributed by atoms with Gasteiger partial charge in [0.15, 0.2) is 5.75 Å². The molecule has 0 aliphatic carbocycles. The van der Waals surface area contributed by atoms with E-state index in [0.29, 0.717) is 6.07 Å². The summed E-state index contributed by atoms with van der Waals surface area (Å²) in [4.78, 5) is 20.6. The zero-order valence-electron chi connectivity index (χ0n) is 8.71. The van der Waals surface area contributed by atoms with E-state index in [-0.39, 0.29) is 0 Å². The lowest BCUT2D eigenvalue weighted by molar-refractivity contribution is -0.386. The molecule has 0 spiro atoms. The van der Waals surface area contributed by atoms with Crippen molar-refractivity contribution in [2.75, 3.05) is 7.11 Å². The van der Waals surface area contributed by atoms with Crippen LogP contribution in [0.15, 0.2) is 12.1 Å². The van der Waals surface area contributed by atoms with Gasteiger partial charge in [-0.05, 0) is 6.07 Å². The molecule has 0 amide bonds. The highest BCUT2D eigenvalue weighted by Gasteiger charge is 2.27. The number of phenolic OH excluding ortho intramolecular Hbond substituents is 1. The van der Waals surface area contributed by atoms with Gasteiger partial charge in [0.1, 0.15) is 11.9 Å². The van der Waals surface area contributed by atoms with Gasteiger partial charge in [0.05, 0.1) is 18.1 Å². The number of nitro benzene ring substituents is 1. The van der Waals surface area contributed by atoms with Crippen molar-refractivity contribution in [3.63, 3.8) is 0 Å². The van der Waals surface area contributed by atoms with E-state index in [9.17, 15) is 24.4 Å². The number of phenols is 1. The smallest absolute Gasteiger partial charge is 0.327 e. The summed E-state index contributed by atoms with van der Waals surface area (Å²) < 4.78 is 17.4. The van der Waals surface area contributed by atoms with Crippen molar-refractivity contribution in [2.24, 2.45) is 5.73 Å². The number of benzene rings is 1. The number of carbonyl (C=O) groups excluding carboxylic acids is 1. The van der Waals surface area contributed by atoms with Crippen LogP contribution in [0.2, 0.25) is 0 Å². The van der Waals surface area contributed by atoms with Gasteiger partial charge in [-0.25, -0.2) is 4.39 Å². The Bertz CT molecular complexity index is 477. The molecule has 1 atom stereocenters. The molecule has 0 aromatic heterocycles. The average molecular weight is 244 g/mol. The molecule has 0 aliphatic heterocycles. The summed E-state index contributed by atoms with van der Waals surface area (Å²) in [6, 6.07) is -0.221. The van der Waals surface area contributed by atoms with Crippen LogP contribution in [0.25, 0.3) is 0 Å². The minimum absolute atomic E-state index is 0.399. The molecular formula is C9H9FN2O5. The van der Waals surface area contributed by atoms with E-state index in [1.165, 1.54) is 0 Å². The molecule has 0 saturated heterocycles. The third-order valence-electron chi connectivity index (χ3n) is 2.07. The number of nitrogens with two attached hydrogens (primary N) is 1. The molecule has 17 heavy (non-hydrogen) atoms. The molecule has 0 heterocycles. The molecule has 0 radical (unpaired) electrons. The molecule has 1 aromatic carbocycles.